The van der Waals surface area contributed by atoms with Crippen molar-refractivity contribution in [1.82, 2.24) is 4.90 Å². The van der Waals surface area contributed by atoms with Gasteiger partial charge in [0.05, 0.1) is 31.5 Å². The van der Waals surface area contributed by atoms with E-state index >= 15 is 0 Å². The molecule has 6 heteroatoms. The van der Waals surface area contributed by atoms with Crippen molar-refractivity contribution >= 4 is 5.91 Å². The zero-order chi connectivity index (χ0) is 28.2. The van der Waals surface area contributed by atoms with Crippen molar-refractivity contribution in [3.63, 3.8) is 0 Å². The average molecular weight is 554 g/mol. The second-order valence-corrected chi connectivity index (χ2v) is 14.7. The summed E-state index contributed by atoms with van der Waals surface area (Å²) in [6.45, 7) is 8.80. The molecule has 4 aliphatic carbocycles. The molecule has 0 bridgehead atoms. The predicted molar refractivity (Wildman–Crippen MR) is 154 cm³/mol. The highest BCUT2D eigenvalue weighted by atomic mass is 16.5. The standard InChI is InChI=1S/C34H51NO5/c1-21(9-12-31(39)35-15-16-40-29(20-35)22-7-5-4-6-8-22)25-10-11-26-32-27(19-30(38)34(25,26)3)33(2)14-13-24(36)17-23(33)18-28(32)37/h4-8,21,23-30,32,36-38H,9-20H2,1-3H3/t21-,23-,24-,25+,26-,27-,28-,29-,30+,32+,33+,34-/m1/s1. The Morgan fingerprint density at radius 2 is 1.82 bits per heavy atom. The van der Waals surface area contributed by atoms with Gasteiger partial charge in [-0.25, -0.2) is 0 Å². The van der Waals surface area contributed by atoms with E-state index in [1.54, 1.807) is 0 Å². The van der Waals surface area contributed by atoms with Crippen LogP contribution in [0.5, 0.6) is 0 Å². The lowest BCUT2D eigenvalue weighted by Gasteiger charge is -2.63. The Kier molecular flexibility index (Phi) is 7.86. The maximum absolute atomic E-state index is 13.3. The molecule has 5 aliphatic rings. The van der Waals surface area contributed by atoms with Gasteiger partial charge in [0.2, 0.25) is 5.91 Å². The molecule has 5 fully saturated rings. The van der Waals surface area contributed by atoms with Crippen molar-refractivity contribution < 1.29 is 24.9 Å². The van der Waals surface area contributed by atoms with E-state index < -0.39 is 0 Å². The van der Waals surface area contributed by atoms with Gasteiger partial charge in [-0.3, -0.25) is 4.79 Å². The molecule has 1 aromatic rings. The van der Waals surface area contributed by atoms with Crippen LogP contribution in [0.15, 0.2) is 30.3 Å². The number of aliphatic hydroxyl groups is 3. The average Bonchev–Trinajstić information content (AvgIpc) is 3.32. The van der Waals surface area contributed by atoms with Gasteiger partial charge in [0.15, 0.2) is 0 Å². The van der Waals surface area contributed by atoms with Crippen LogP contribution in [0.4, 0.5) is 0 Å². The van der Waals surface area contributed by atoms with Gasteiger partial charge in [0, 0.05) is 13.0 Å². The van der Waals surface area contributed by atoms with Crippen LogP contribution in [0.1, 0.15) is 90.2 Å². The number of rotatable bonds is 5. The molecular weight excluding hydrogens is 502 g/mol. The van der Waals surface area contributed by atoms with Crippen molar-refractivity contribution in [2.45, 2.75) is 103 Å². The van der Waals surface area contributed by atoms with E-state index in [1.807, 2.05) is 23.1 Å². The lowest BCUT2D eigenvalue weighted by atomic mass is 9.43. The van der Waals surface area contributed by atoms with Gasteiger partial charge < -0.3 is 25.0 Å². The highest BCUT2D eigenvalue weighted by Gasteiger charge is 2.65. The molecule has 1 aromatic carbocycles. The Labute approximate surface area is 240 Å². The minimum Gasteiger partial charge on any atom is -0.393 e. The Morgan fingerprint density at radius 1 is 1.05 bits per heavy atom. The van der Waals surface area contributed by atoms with E-state index in [1.165, 1.54) is 0 Å². The highest BCUT2D eigenvalue weighted by Crippen LogP contribution is 2.68. The molecule has 0 spiro atoms. The Balaban J connectivity index is 1.11. The number of aliphatic hydroxyl groups excluding tert-OH is 3. The topological polar surface area (TPSA) is 90.2 Å². The number of hydrogen-bond donors (Lipinski definition) is 3. The Hall–Kier alpha value is -1.47. The van der Waals surface area contributed by atoms with E-state index in [2.05, 4.69) is 32.9 Å². The van der Waals surface area contributed by atoms with Crippen molar-refractivity contribution in [1.29, 1.82) is 0 Å². The van der Waals surface area contributed by atoms with Crippen LogP contribution in [0.2, 0.25) is 0 Å². The number of fused-ring (bicyclic) bond motifs is 5. The minimum atomic E-state index is -0.384. The van der Waals surface area contributed by atoms with Gasteiger partial charge in [-0.05, 0) is 103 Å². The molecule has 1 aliphatic heterocycles. The second-order valence-electron chi connectivity index (χ2n) is 14.7. The molecular formula is C34H51NO5. The largest absolute Gasteiger partial charge is 0.393 e. The van der Waals surface area contributed by atoms with E-state index in [-0.39, 0.29) is 47.1 Å². The lowest BCUT2D eigenvalue weighted by Crippen LogP contribution is -2.62. The normalized spacial score (nSPS) is 45.8. The Morgan fingerprint density at radius 3 is 2.60 bits per heavy atom. The van der Waals surface area contributed by atoms with Crippen molar-refractivity contribution in [2.75, 3.05) is 19.7 Å². The minimum absolute atomic E-state index is 0.0630. The van der Waals surface area contributed by atoms with Crippen LogP contribution in [-0.2, 0) is 9.53 Å². The molecule has 222 valence electrons. The number of benzene rings is 1. The molecule has 40 heavy (non-hydrogen) atoms. The molecule has 12 atom stereocenters. The summed E-state index contributed by atoms with van der Waals surface area (Å²) in [6, 6.07) is 10.2. The highest BCUT2D eigenvalue weighted by molar-refractivity contribution is 5.76. The summed E-state index contributed by atoms with van der Waals surface area (Å²) in [7, 11) is 0. The molecule has 3 N–H and O–H groups in total. The van der Waals surface area contributed by atoms with Crippen LogP contribution in [0, 0.1) is 46.3 Å². The fourth-order valence-corrected chi connectivity index (χ4v) is 10.6. The van der Waals surface area contributed by atoms with Gasteiger partial charge in [-0.15, -0.1) is 0 Å². The summed E-state index contributed by atoms with van der Waals surface area (Å²) in [5.74, 6) is 2.10. The summed E-state index contributed by atoms with van der Waals surface area (Å²) >= 11 is 0. The second kappa shape index (κ2) is 11.0. The van der Waals surface area contributed by atoms with E-state index in [9.17, 15) is 20.1 Å². The molecule has 1 amide bonds. The van der Waals surface area contributed by atoms with E-state index in [4.69, 9.17) is 4.74 Å². The zero-order valence-corrected chi connectivity index (χ0v) is 24.8. The SMILES string of the molecule is C[C@H](CCC(=O)N1CCO[C@@H](c2ccccc2)C1)[C@@H]1CC[C@@H]2[C@@H]3[C@H](O)C[C@H]4C[C@H](O)CC[C@]4(C)[C@@H]3C[C@H](O)[C@@]21C. The quantitative estimate of drug-likeness (QED) is 0.479. The zero-order valence-electron chi connectivity index (χ0n) is 24.8. The number of carbonyl (C=O) groups is 1. The fraction of sp³-hybridized carbons (Fsp3) is 0.794. The molecule has 4 saturated carbocycles. The number of hydrogen-bond acceptors (Lipinski definition) is 5. The molecule has 0 radical (unpaired) electrons. The first-order valence-corrected chi connectivity index (χ1v) is 16.1. The number of morpholine rings is 1. The first-order chi connectivity index (χ1) is 19.1. The summed E-state index contributed by atoms with van der Waals surface area (Å²) in [5.41, 5.74) is 0.994. The number of nitrogens with zero attached hydrogens (tertiary/aromatic N) is 1. The smallest absolute Gasteiger partial charge is 0.222 e. The first kappa shape index (κ1) is 28.6. The summed E-state index contributed by atoms with van der Waals surface area (Å²) in [5, 5.41) is 33.7. The number of carbonyl (C=O) groups excluding carboxylic acids is 1. The summed E-state index contributed by atoms with van der Waals surface area (Å²) in [6.07, 6.45) is 6.62. The summed E-state index contributed by atoms with van der Waals surface area (Å²) in [4.78, 5) is 15.3. The van der Waals surface area contributed by atoms with Crippen molar-refractivity contribution in [2.24, 2.45) is 46.3 Å². The van der Waals surface area contributed by atoms with E-state index in [0.717, 1.165) is 56.9 Å². The molecule has 6 nitrogen and oxygen atoms in total. The van der Waals surface area contributed by atoms with Crippen molar-refractivity contribution in [3.05, 3.63) is 35.9 Å². The van der Waals surface area contributed by atoms with Gasteiger partial charge in [-0.1, -0.05) is 51.1 Å². The molecule has 0 unspecified atom stereocenters. The van der Waals surface area contributed by atoms with Gasteiger partial charge in [0.25, 0.3) is 0 Å². The number of ether oxygens (including phenoxy) is 1. The first-order valence-electron chi connectivity index (χ1n) is 16.1. The molecule has 6 rings (SSSR count). The predicted octanol–water partition coefficient (Wildman–Crippen LogP) is 4.96. The molecule has 1 saturated heterocycles. The van der Waals surface area contributed by atoms with Gasteiger partial charge >= 0.3 is 0 Å². The Bertz CT molecular complexity index is 1050. The van der Waals surface area contributed by atoms with E-state index in [0.29, 0.717) is 55.7 Å². The van der Waals surface area contributed by atoms with Crippen LogP contribution < -0.4 is 0 Å². The summed E-state index contributed by atoms with van der Waals surface area (Å²) < 4.78 is 5.98. The van der Waals surface area contributed by atoms with Crippen LogP contribution in [0.25, 0.3) is 0 Å². The molecule has 0 aromatic heterocycles. The van der Waals surface area contributed by atoms with Crippen LogP contribution in [-0.4, -0.2) is 64.1 Å². The molecule has 1 heterocycles. The lowest BCUT2D eigenvalue weighted by molar-refractivity contribution is -0.207. The third-order valence-corrected chi connectivity index (χ3v) is 12.9. The maximum Gasteiger partial charge on any atom is 0.222 e. The van der Waals surface area contributed by atoms with Crippen molar-refractivity contribution in [3.8, 4) is 0 Å². The third kappa shape index (κ3) is 4.75. The third-order valence-electron chi connectivity index (χ3n) is 12.9. The van der Waals surface area contributed by atoms with Crippen LogP contribution in [0.3, 0.4) is 0 Å². The fourth-order valence-electron chi connectivity index (χ4n) is 10.6. The van der Waals surface area contributed by atoms with Gasteiger partial charge in [0.1, 0.15) is 6.10 Å². The number of amides is 1. The van der Waals surface area contributed by atoms with Gasteiger partial charge in [-0.2, -0.15) is 0 Å². The maximum atomic E-state index is 13.3. The monoisotopic (exact) mass is 553 g/mol. The van der Waals surface area contributed by atoms with Crippen LogP contribution >= 0.6 is 0 Å².